The van der Waals surface area contributed by atoms with Crippen molar-refractivity contribution in [3.63, 3.8) is 0 Å². The molecule has 0 bridgehead atoms. The Balaban J connectivity index is 1.70. The Morgan fingerprint density at radius 2 is 1.78 bits per heavy atom. The lowest BCUT2D eigenvalue weighted by molar-refractivity contribution is -0.258. The molecule has 1 saturated heterocycles. The third kappa shape index (κ3) is 4.66. The van der Waals surface area contributed by atoms with Crippen molar-refractivity contribution in [2.24, 2.45) is 17.1 Å². The van der Waals surface area contributed by atoms with Crippen LogP contribution in [0.15, 0.2) is 29.2 Å². The maximum Gasteiger partial charge on any atom is 0.421 e. The normalized spacial score (nSPS) is 29.5. The van der Waals surface area contributed by atoms with Crippen molar-refractivity contribution in [2.45, 2.75) is 56.3 Å². The van der Waals surface area contributed by atoms with Gasteiger partial charge in [-0.2, -0.15) is 17.5 Å². The molecule has 1 aliphatic carbocycles. The summed E-state index contributed by atoms with van der Waals surface area (Å²) in [5, 5.41) is 9.79. The summed E-state index contributed by atoms with van der Waals surface area (Å²) in [4.78, 5) is 13.4. The molecule has 7 nitrogen and oxygen atoms in total. The zero-order valence-corrected chi connectivity index (χ0v) is 19.2. The average Bonchev–Trinajstić information content (AvgIpc) is 3.27. The van der Waals surface area contributed by atoms with Gasteiger partial charge in [-0.05, 0) is 49.3 Å². The minimum atomic E-state index is -4.89. The van der Waals surface area contributed by atoms with E-state index in [1.54, 1.807) is 6.92 Å². The van der Waals surface area contributed by atoms with E-state index < -0.39 is 27.4 Å². The molecule has 2 aliphatic rings. The average molecular weight is 478 g/mol. The van der Waals surface area contributed by atoms with Crippen LogP contribution in [0.4, 0.5) is 13.2 Å². The molecule has 2 fully saturated rings. The molecule has 1 aromatic carbocycles. The number of primary amides is 1. The minimum absolute atomic E-state index is 0.125. The molecule has 0 radical (unpaired) electrons. The Morgan fingerprint density at radius 3 is 2.22 bits per heavy atom. The first-order valence-electron chi connectivity index (χ1n) is 10.5. The Morgan fingerprint density at radius 1 is 1.22 bits per heavy atom. The van der Waals surface area contributed by atoms with Crippen molar-refractivity contribution in [3.05, 3.63) is 29.8 Å². The number of rotatable bonds is 7. The second kappa shape index (κ2) is 8.27. The van der Waals surface area contributed by atoms with Crippen LogP contribution < -0.4 is 5.73 Å². The van der Waals surface area contributed by atoms with Crippen LogP contribution >= 0.6 is 0 Å². The Hall–Kier alpha value is -1.69. The molecule has 1 aliphatic heterocycles. The number of hydrogen-bond donors (Lipinski definition) is 2. The molecule has 180 valence electrons. The molecule has 1 heterocycles. The van der Waals surface area contributed by atoms with E-state index in [9.17, 15) is 31.5 Å². The predicted molar refractivity (Wildman–Crippen MR) is 112 cm³/mol. The molecule has 0 spiro atoms. The number of nitrogens with two attached hydrogens (primary N) is 1. The predicted octanol–water partition coefficient (Wildman–Crippen LogP) is 2.05. The minimum Gasteiger partial charge on any atom is -0.376 e. The fourth-order valence-corrected chi connectivity index (χ4v) is 6.25. The molecule has 3 N–H and O–H groups in total. The first kappa shape index (κ1) is 24.9. The van der Waals surface area contributed by atoms with Crippen LogP contribution in [0, 0.1) is 11.3 Å². The Bertz CT molecular complexity index is 965. The molecular weight excluding hydrogens is 447 g/mol. The summed E-state index contributed by atoms with van der Waals surface area (Å²) in [6.07, 6.45) is -3.66. The molecule has 11 heteroatoms. The van der Waals surface area contributed by atoms with Crippen molar-refractivity contribution < 1.29 is 31.5 Å². The molecular formula is C21H30F3N3O4S. The third-order valence-electron chi connectivity index (χ3n) is 6.89. The van der Waals surface area contributed by atoms with Gasteiger partial charge in [-0.15, -0.1) is 0 Å². The van der Waals surface area contributed by atoms with Gasteiger partial charge in [0.1, 0.15) is 0 Å². The van der Waals surface area contributed by atoms with Gasteiger partial charge in [0.05, 0.1) is 4.90 Å². The number of benzene rings is 1. The lowest BCUT2D eigenvalue weighted by atomic mass is 9.96. The van der Waals surface area contributed by atoms with Crippen LogP contribution in [0.1, 0.15) is 39.2 Å². The van der Waals surface area contributed by atoms with Crippen molar-refractivity contribution >= 4 is 15.9 Å². The van der Waals surface area contributed by atoms with Crippen LogP contribution in [0.3, 0.4) is 0 Å². The first-order valence-corrected chi connectivity index (χ1v) is 12.0. The molecule has 1 aromatic rings. The van der Waals surface area contributed by atoms with Crippen LogP contribution in [-0.4, -0.2) is 67.0 Å². The van der Waals surface area contributed by atoms with E-state index in [4.69, 9.17) is 5.73 Å². The second-order valence-corrected chi connectivity index (χ2v) is 11.3. The second-order valence-electron chi connectivity index (χ2n) is 9.40. The van der Waals surface area contributed by atoms with Gasteiger partial charge in [-0.3, -0.25) is 9.69 Å². The van der Waals surface area contributed by atoms with Gasteiger partial charge in [0.15, 0.2) is 5.60 Å². The fraction of sp³-hybridized carbons (Fsp3) is 0.667. The number of piperazine rings is 1. The zero-order valence-electron chi connectivity index (χ0n) is 18.4. The highest BCUT2D eigenvalue weighted by Gasteiger charge is 2.53. The standard InChI is InChI=1S/C21H30F3N3O4S/c1-14-10-20(14,11-18(25)28)13-26-8-9-27(15(2)12-26)32(30,31)17-6-4-16(5-7-17)19(3,29)21(22,23)24/h4-7,14-15,29H,8-13H2,1-3H3,(H2,25,28)/t14?,15-,19?,20?/m1/s1. The molecule has 4 atom stereocenters. The Labute approximate surface area is 186 Å². The van der Waals surface area contributed by atoms with E-state index in [-0.39, 0.29) is 28.8 Å². The van der Waals surface area contributed by atoms with E-state index in [0.717, 1.165) is 30.7 Å². The monoisotopic (exact) mass is 477 g/mol. The van der Waals surface area contributed by atoms with Crippen LogP contribution in [0.5, 0.6) is 0 Å². The summed E-state index contributed by atoms with van der Waals surface area (Å²) < 4.78 is 66.7. The van der Waals surface area contributed by atoms with E-state index in [1.807, 2.05) is 0 Å². The topological polar surface area (TPSA) is 104 Å². The summed E-state index contributed by atoms with van der Waals surface area (Å²) in [6, 6.07) is 3.81. The lowest BCUT2D eigenvalue weighted by Gasteiger charge is -2.40. The summed E-state index contributed by atoms with van der Waals surface area (Å²) in [6.45, 7) is 6.36. The van der Waals surface area contributed by atoms with Gasteiger partial charge in [0, 0.05) is 38.6 Å². The first-order chi connectivity index (χ1) is 14.6. The number of halogens is 3. The van der Waals surface area contributed by atoms with Crippen molar-refractivity contribution in [1.29, 1.82) is 0 Å². The van der Waals surface area contributed by atoms with Crippen molar-refractivity contribution in [3.8, 4) is 0 Å². The number of amides is 1. The number of alkyl halides is 3. The third-order valence-corrected chi connectivity index (χ3v) is 8.92. The maximum atomic E-state index is 13.1. The SMILES string of the molecule is CC1CC1(CC(N)=O)CN1CCN(S(=O)(=O)c2ccc(C(C)(O)C(F)(F)F)cc2)[C@H](C)C1. The molecule has 32 heavy (non-hydrogen) atoms. The fourth-order valence-electron chi connectivity index (χ4n) is 4.63. The molecule has 1 amide bonds. The number of nitrogens with zero attached hydrogens (tertiary/aromatic N) is 2. The quantitative estimate of drug-likeness (QED) is 0.626. The maximum absolute atomic E-state index is 13.1. The van der Waals surface area contributed by atoms with Gasteiger partial charge in [-0.25, -0.2) is 8.42 Å². The van der Waals surface area contributed by atoms with Crippen LogP contribution in [-0.2, 0) is 20.4 Å². The summed E-state index contributed by atoms with van der Waals surface area (Å²) in [7, 11) is -3.92. The van der Waals surface area contributed by atoms with E-state index in [2.05, 4.69) is 11.8 Å². The summed E-state index contributed by atoms with van der Waals surface area (Å²) in [5.41, 5.74) is 1.75. The van der Waals surface area contributed by atoms with Gasteiger partial charge in [0.25, 0.3) is 0 Å². The lowest BCUT2D eigenvalue weighted by Crippen LogP contribution is -2.55. The molecule has 1 saturated carbocycles. The van der Waals surface area contributed by atoms with E-state index in [1.165, 1.54) is 4.31 Å². The number of aliphatic hydroxyl groups is 1. The van der Waals surface area contributed by atoms with Gasteiger partial charge < -0.3 is 10.8 Å². The van der Waals surface area contributed by atoms with E-state index in [0.29, 0.717) is 38.9 Å². The summed E-state index contributed by atoms with van der Waals surface area (Å²) >= 11 is 0. The molecule has 3 unspecified atom stereocenters. The van der Waals surface area contributed by atoms with Crippen molar-refractivity contribution in [1.82, 2.24) is 9.21 Å². The Kier molecular flexibility index (Phi) is 6.44. The highest BCUT2D eigenvalue weighted by Crippen LogP contribution is 2.55. The van der Waals surface area contributed by atoms with Gasteiger partial charge in [0.2, 0.25) is 15.9 Å². The van der Waals surface area contributed by atoms with Crippen molar-refractivity contribution in [2.75, 3.05) is 26.2 Å². The van der Waals surface area contributed by atoms with Gasteiger partial charge >= 0.3 is 6.18 Å². The summed E-state index contributed by atoms with van der Waals surface area (Å²) in [5.74, 6) is 0.0519. The highest BCUT2D eigenvalue weighted by atomic mass is 32.2. The number of carbonyl (C=O) groups excluding carboxylic acids is 1. The number of sulfonamides is 1. The van der Waals surface area contributed by atoms with Crippen LogP contribution in [0.2, 0.25) is 0 Å². The number of hydrogen-bond acceptors (Lipinski definition) is 5. The van der Waals surface area contributed by atoms with E-state index >= 15 is 0 Å². The molecule has 3 rings (SSSR count). The largest absolute Gasteiger partial charge is 0.421 e. The zero-order chi connectivity index (χ0) is 24.1. The highest BCUT2D eigenvalue weighted by molar-refractivity contribution is 7.89. The smallest absolute Gasteiger partial charge is 0.376 e. The number of carbonyl (C=O) groups is 1. The molecule has 0 aromatic heterocycles. The van der Waals surface area contributed by atoms with Crippen LogP contribution in [0.25, 0.3) is 0 Å². The van der Waals surface area contributed by atoms with Gasteiger partial charge in [-0.1, -0.05) is 19.1 Å².